The van der Waals surface area contributed by atoms with Crippen molar-refractivity contribution in [2.24, 2.45) is 5.92 Å². The van der Waals surface area contributed by atoms with Crippen LogP contribution in [-0.4, -0.2) is 0 Å². The molecule has 0 N–H and O–H groups in total. The van der Waals surface area contributed by atoms with Crippen molar-refractivity contribution in [3.63, 3.8) is 0 Å². The van der Waals surface area contributed by atoms with E-state index in [0.29, 0.717) is 0 Å². The highest BCUT2D eigenvalue weighted by atomic mass is 14.2. The van der Waals surface area contributed by atoms with Gasteiger partial charge in [-0.05, 0) is 79.1 Å². The average Bonchev–Trinajstić information content (AvgIpc) is 2.75. The van der Waals surface area contributed by atoms with E-state index in [9.17, 15) is 0 Å². The first kappa shape index (κ1) is 20.0. The van der Waals surface area contributed by atoms with Crippen LogP contribution in [0.2, 0.25) is 0 Å². The molecule has 0 aromatic heterocycles. The fourth-order valence-electron chi connectivity index (χ4n) is 3.66. The Hall–Kier alpha value is -2.70. The molecule has 1 unspecified atom stereocenters. The minimum absolute atomic E-state index is 0.892. The Balaban J connectivity index is 1.62. The van der Waals surface area contributed by atoms with E-state index in [-0.39, 0.29) is 0 Å². The Kier molecular flexibility index (Phi) is 7.58. The van der Waals surface area contributed by atoms with E-state index in [1.165, 1.54) is 43.2 Å². The second-order valence-corrected chi connectivity index (χ2v) is 7.61. The van der Waals surface area contributed by atoms with E-state index in [1.807, 2.05) is 0 Å². The Morgan fingerprint density at radius 2 is 1.39 bits per heavy atom. The minimum Gasteiger partial charge on any atom is -0.0979 e. The maximum Gasteiger partial charge on any atom is 0.0249 e. The lowest BCUT2D eigenvalue weighted by Gasteiger charge is -2.21. The molecule has 0 amide bonds. The summed E-state index contributed by atoms with van der Waals surface area (Å²) >= 11 is 0. The first-order chi connectivity index (χ1) is 13.8. The molecule has 3 rings (SSSR count). The molecule has 0 heteroatoms. The zero-order valence-corrected chi connectivity index (χ0v) is 17.2. The molecule has 0 radical (unpaired) electrons. The number of hydrogen-bond acceptors (Lipinski definition) is 0. The predicted octanol–water partition coefficient (Wildman–Crippen LogP) is 7.22. The summed E-state index contributed by atoms with van der Waals surface area (Å²) in [6, 6.07) is 16.9. The SMILES string of the molecule is CCCC#Cc1ccc(C#Cc2ccc(C3=CCC(CCC)CC3)cc2)cc1. The number of rotatable bonds is 4. The van der Waals surface area contributed by atoms with Crippen molar-refractivity contribution in [3.8, 4) is 23.7 Å². The first-order valence-electron chi connectivity index (χ1n) is 10.7. The molecule has 0 spiro atoms. The Morgan fingerprint density at radius 3 is 1.93 bits per heavy atom. The van der Waals surface area contributed by atoms with Gasteiger partial charge in [0.1, 0.15) is 0 Å². The van der Waals surface area contributed by atoms with Gasteiger partial charge >= 0.3 is 0 Å². The van der Waals surface area contributed by atoms with Gasteiger partial charge < -0.3 is 0 Å². The monoisotopic (exact) mass is 366 g/mol. The maximum atomic E-state index is 3.28. The molecule has 0 nitrogen and oxygen atoms in total. The van der Waals surface area contributed by atoms with E-state index in [4.69, 9.17) is 0 Å². The lowest BCUT2D eigenvalue weighted by Crippen LogP contribution is -2.04. The van der Waals surface area contributed by atoms with Crippen LogP contribution < -0.4 is 0 Å². The van der Waals surface area contributed by atoms with Crippen molar-refractivity contribution in [2.45, 2.75) is 58.8 Å². The summed E-state index contributed by atoms with van der Waals surface area (Å²) < 4.78 is 0. The number of allylic oxidation sites excluding steroid dienone is 2. The fraction of sp³-hybridized carbons (Fsp3) is 0.357. The molecule has 0 fully saturated rings. The van der Waals surface area contributed by atoms with Crippen LogP contribution in [-0.2, 0) is 0 Å². The van der Waals surface area contributed by atoms with Gasteiger partial charge in [-0.3, -0.25) is 0 Å². The van der Waals surface area contributed by atoms with Crippen LogP contribution in [0.5, 0.6) is 0 Å². The topological polar surface area (TPSA) is 0 Å². The van der Waals surface area contributed by atoms with Crippen molar-refractivity contribution in [1.82, 2.24) is 0 Å². The third-order valence-electron chi connectivity index (χ3n) is 5.32. The summed E-state index contributed by atoms with van der Waals surface area (Å²) in [4.78, 5) is 0. The van der Waals surface area contributed by atoms with E-state index in [0.717, 1.165) is 35.4 Å². The Morgan fingerprint density at radius 1 is 0.786 bits per heavy atom. The number of hydrogen-bond donors (Lipinski definition) is 0. The van der Waals surface area contributed by atoms with Gasteiger partial charge in [0.05, 0.1) is 0 Å². The molecule has 1 aliphatic carbocycles. The van der Waals surface area contributed by atoms with Gasteiger partial charge in [-0.25, -0.2) is 0 Å². The van der Waals surface area contributed by atoms with Crippen LogP contribution in [0.1, 0.15) is 81.0 Å². The normalized spacial score (nSPS) is 15.6. The summed E-state index contributed by atoms with van der Waals surface area (Å²) in [6.07, 6.45) is 11.0. The van der Waals surface area contributed by atoms with Crippen LogP contribution in [0.4, 0.5) is 0 Å². The summed E-state index contributed by atoms with van der Waals surface area (Å²) in [7, 11) is 0. The zero-order chi connectivity index (χ0) is 19.6. The molecule has 0 saturated carbocycles. The molecule has 2 aromatic rings. The minimum atomic E-state index is 0.892. The lowest BCUT2D eigenvalue weighted by atomic mass is 9.84. The summed E-state index contributed by atoms with van der Waals surface area (Å²) in [5.74, 6) is 13.8. The van der Waals surface area contributed by atoms with E-state index in [1.54, 1.807) is 0 Å². The molecule has 0 aliphatic heterocycles. The molecule has 0 bridgehead atoms. The summed E-state index contributed by atoms with van der Waals surface area (Å²) in [6.45, 7) is 4.43. The van der Waals surface area contributed by atoms with Crippen LogP contribution in [0.3, 0.4) is 0 Å². The standard InChI is InChI=1S/C28H30/c1-3-5-6-8-24-9-11-25(12-10-24)13-14-26-17-21-28(22-18-26)27-19-15-23(7-4-2)16-20-27/h9-12,17-19,21-23H,3-5,7,15-16,20H2,1-2H3. The number of benzene rings is 2. The third kappa shape index (κ3) is 5.90. The Labute approximate surface area is 171 Å². The average molecular weight is 367 g/mol. The van der Waals surface area contributed by atoms with Gasteiger partial charge in [-0.1, -0.05) is 68.6 Å². The molecule has 1 atom stereocenters. The Bertz CT molecular complexity index is 902. The van der Waals surface area contributed by atoms with Crippen LogP contribution in [0, 0.1) is 29.6 Å². The third-order valence-corrected chi connectivity index (χ3v) is 5.32. The van der Waals surface area contributed by atoms with Gasteiger partial charge in [0, 0.05) is 23.1 Å². The van der Waals surface area contributed by atoms with Crippen molar-refractivity contribution >= 4 is 5.57 Å². The lowest BCUT2D eigenvalue weighted by molar-refractivity contribution is 0.445. The molecule has 1 aliphatic rings. The quantitative estimate of drug-likeness (QED) is 0.501. The largest absolute Gasteiger partial charge is 0.0979 e. The van der Waals surface area contributed by atoms with Gasteiger partial charge in [-0.2, -0.15) is 0 Å². The smallest absolute Gasteiger partial charge is 0.0249 e. The number of unbranched alkanes of at least 4 members (excludes halogenated alkanes) is 1. The molecule has 0 saturated heterocycles. The molecular weight excluding hydrogens is 336 g/mol. The van der Waals surface area contributed by atoms with E-state index >= 15 is 0 Å². The molecule has 142 valence electrons. The summed E-state index contributed by atoms with van der Waals surface area (Å²) in [5, 5.41) is 0. The zero-order valence-electron chi connectivity index (χ0n) is 17.2. The van der Waals surface area contributed by atoms with Crippen LogP contribution >= 0.6 is 0 Å². The van der Waals surface area contributed by atoms with Crippen LogP contribution in [0.25, 0.3) is 5.57 Å². The molecule has 0 heterocycles. The van der Waals surface area contributed by atoms with E-state index < -0.39 is 0 Å². The molecular formula is C28H30. The van der Waals surface area contributed by atoms with Crippen molar-refractivity contribution < 1.29 is 0 Å². The van der Waals surface area contributed by atoms with Gasteiger partial charge in [0.15, 0.2) is 0 Å². The second kappa shape index (κ2) is 10.6. The van der Waals surface area contributed by atoms with E-state index in [2.05, 4.69) is 92.1 Å². The highest BCUT2D eigenvalue weighted by molar-refractivity contribution is 5.67. The highest BCUT2D eigenvalue weighted by Gasteiger charge is 2.14. The predicted molar refractivity (Wildman–Crippen MR) is 121 cm³/mol. The van der Waals surface area contributed by atoms with Crippen molar-refractivity contribution in [1.29, 1.82) is 0 Å². The fourth-order valence-corrected chi connectivity index (χ4v) is 3.66. The summed E-state index contributed by atoms with van der Waals surface area (Å²) in [5.41, 5.74) is 6.02. The van der Waals surface area contributed by atoms with Crippen LogP contribution in [0.15, 0.2) is 54.6 Å². The second-order valence-electron chi connectivity index (χ2n) is 7.61. The molecule has 28 heavy (non-hydrogen) atoms. The maximum absolute atomic E-state index is 3.28. The van der Waals surface area contributed by atoms with Gasteiger partial charge in [-0.15, -0.1) is 0 Å². The van der Waals surface area contributed by atoms with Crippen molar-refractivity contribution in [3.05, 3.63) is 76.9 Å². The highest BCUT2D eigenvalue weighted by Crippen LogP contribution is 2.32. The first-order valence-corrected chi connectivity index (χ1v) is 10.7. The van der Waals surface area contributed by atoms with Crippen molar-refractivity contribution in [2.75, 3.05) is 0 Å². The van der Waals surface area contributed by atoms with Gasteiger partial charge in [0.2, 0.25) is 0 Å². The molecule has 2 aromatic carbocycles. The van der Waals surface area contributed by atoms with Gasteiger partial charge in [0.25, 0.3) is 0 Å².